The van der Waals surface area contributed by atoms with Gasteiger partial charge in [0.05, 0.1) is 11.0 Å². The number of aliphatic hydroxyl groups excluding tert-OH is 1. The van der Waals surface area contributed by atoms with Gasteiger partial charge in [-0.25, -0.2) is 0 Å². The molecule has 0 bridgehead atoms. The van der Waals surface area contributed by atoms with Gasteiger partial charge in [-0.3, -0.25) is 14.8 Å². The third-order valence-corrected chi connectivity index (χ3v) is 2.92. The zero-order valence-electron chi connectivity index (χ0n) is 11.1. The summed E-state index contributed by atoms with van der Waals surface area (Å²) >= 11 is 0. The van der Waals surface area contributed by atoms with Crippen LogP contribution in [0.5, 0.6) is 0 Å². The van der Waals surface area contributed by atoms with Crippen LogP contribution in [0.2, 0.25) is 0 Å². The van der Waals surface area contributed by atoms with Crippen LogP contribution >= 0.6 is 0 Å². The molecule has 0 unspecified atom stereocenters. The molecule has 0 fully saturated rings. The first-order valence-corrected chi connectivity index (χ1v) is 6.16. The lowest BCUT2D eigenvalue weighted by Gasteiger charge is -2.25. The third kappa shape index (κ3) is 3.26. The molecule has 19 heavy (non-hydrogen) atoms. The maximum Gasteiger partial charge on any atom is 0.251 e. The Morgan fingerprint density at radius 2 is 1.95 bits per heavy atom. The normalized spacial score (nSPS) is 11.5. The molecule has 1 aromatic carbocycles. The first kappa shape index (κ1) is 13.4. The molecule has 2 rings (SSSR count). The summed E-state index contributed by atoms with van der Waals surface area (Å²) in [6.07, 6.45) is 3.72. The van der Waals surface area contributed by atoms with E-state index in [1.54, 1.807) is 30.6 Å². The summed E-state index contributed by atoms with van der Waals surface area (Å²) in [5, 5.41) is 11.8. The van der Waals surface area contributed by atoms with Gasteiger partial charge in [-0.1, -0.05) is 0 Å². The maximum atomic E-state index is 12.1. The van der Waals surface area contributed by atoms with Crippen molar-refractivity contribution >= 4 is 16.9 Å². The molecule has 5 heteroatoms. The van der Waals surface area contributed by atoms with Crippen LogP contribution < -0.4 is 5.32 Å². The van der Waals surface area contributed by atoms with E-state index in [1.807, 2.05) is 13.8 Å². The summed E-state index contributed by atoms with van der Waals surface area (Å²) in [5.74, 6) is -0.175. The molecule has 0 aliphatic carbocycles. The van der Waals surface area contributed by atoms with Gasteiger partial charge >= 0.3 is 0 Å². The molecule has 0 atom stereocenters. The molecule has 0 saturated carbocycles. The number of nitrogens with zero attached hydrogens (tertiary/aromatic N) is 2. The molecule has 1 amide bonds. The van der Waals surface area contributed by atoms with Crippen LogP contribution in [0.25, 0.3) is 11.0 Å². The minimum atomic E-state index is -0.441. The number of benzene rings is 1. The van der Waals surface area contributed by atoms with Crippen LogP contribution in [0.1, 0.15) is 30.6 Å². The summed E-state index contributed by atoms with van der Waals surface area (Å²) < 4.78 is 0. The minimum Gasteiger partial charge on any atom is -0.396 e. The van der Waals surface area contributed by atoms with E-state index in [1.165, 1.54) is 0 Å². The van der Waals surface area contributed by atoms with E-state index in [0.29, 0.717) is 17.5 Å². The number of rotatable bonds is 4. The van der Waals surface area contributed by atoms with Crippen LogP contribution in [-0.2, 0) is 0 Å². The van der Waals surface area contributed by atoms with Crippen molar-refractivity contribution in [1.29, 1.82) is 0 Å². The van der Waals surface area contributed by atoms with Gasteiger partial charge in [0.1, 0.15) is 0 Å². The van der Waals surface area contributed by atoms with E-state index in [2.05, 4.69) is 15.3 Å². The number of fused-ring (bicyclic) bond motifs is 1. The zero-order valence-corrected chi connectivity index (χ0v) is 11.1. The molecule has 1 aromatic heterocycles. The lowest BCUT2D eigenvalue weighted by Crippen LogP contribution is -2.44. The van der Waals surface area contributed by atoms with E-state index < -0.39 is 5.54 Å². The first-order valence-electron chi connectivity index (χ1n) is 6.16. The average molecular weight is 259 g/mol. The second-order valence-corrected chi connectivity index (χ2v) is 5.07. The van der Waals surface area contributed by atoms with Gasteiger partial charge in [0.25, 0.3) is 5.91 Å². The second-order valence-electron chi connectivity index (χ2n) is 5.07. The molecule has 0 aliphatic heterocycles. The van der Waals surface area contributed by atoms with Crippen LogP contribution in [-0.4, -0.2) is 33.1 Å². The van der Waals surface area contributed by atoms with E-state index in [4.69, 9.17) is 5.11 Å². The van der Waals surface area contributed by atoms with E-state index in [0.717, 1.165) is 5.52 Å². The van der Waals surface area contributed by atoms with Crippen LogP contribution in [0.15, 0.2) is 30.6 Å². The Balaban J connectivity index is 2.22. The van der Waals surface area contributed by atoms with Crippen molar-refractivity contribution in [3.8, 4) is 0 Å². The van der Waals surface area contributed by atoms with E-state index in [9.17, 15) is 4.79 Å². The maximum absolute atomic E-state index is 12.1. The largest absolute Gasteiger partial charge is 0.396 e. The topological polar surface area (TPSA) is 75.1 Å². The number of aliphatic hydroxyl groups is 1. The van der Waals surface area contributed by atoms with Gasteiger partial charge in [-0.2, -0.15) is 0 Å². The van der Waals surface area contributed by atoms with Crippen molar-refractivity contribution < 1.29 is 9.90 Å². The summed E-state index contributed by atoms with van der Waals surface area (Å²) in [6, 6.07) is 5.21. The predicted molar refractivity (Wildman–Crippen MR) is 72.8 cm³/mol. The van der Waals surface area contributed by atoms with Gasteiger partial charge in [-0.15, -0.1) is 0 Å². The highest BCUT2D eigenvalue weighted by Gasteiger charge is 2.20. The monoisotopic (exact) mass is 259 g/mol. The predicted octanol–water partition coefficient (Wildman–Crippen LogP) is 1.52. The van der Waals surface area contributed by atoms with Gasteiger partial charge in [0, 0.05) is 30.1 Å². The Morgan fingerprint density at radius 1 is 1.26 bits per heavy atom. The average Bonchev–Trinajstić information content (AvgIpc) is 2.37. The van der Waals surface area contributed by atoms with Crippen LogP contribution in [0.4, 0.5) is 0 Å². The van der Waals surface area contributed by atoms with Crippen molar-refractivity contribution in [2.75, 3.05) is 6.61 Å². The third-order valence-electron chi connectivity index (χ3n) is 2.92. The summed E-state index contributed by atoms with van der Waals surface area (Å²) in [7, 11) is 0. The quantitative estimate of drug-likeness (QED) is 0.873. The number of carbonyl (C=O) groups excluding carboxylic acids is 1. The van der Waals surface area contributed by atoms with Crippen LogP contribution in [0.3, 0.4) is 0 Å². The van der Waals surface area contributed by atoms with Crippen molar-refractivity contribution in [3.05, 3.63) is 36.2 Å². The fourth-order valence-corrected chi connectivity index (χ4v) is 1.83. The van der Waals surface area contributed by atoms with Crippen molar-refractivity contribution in [2.45, 2.75) is 25.8 Å². The Labute approximate surface area is 111 Å². The molecule has 100 valence electrons. The molecule has 0 spiro atoms. The second kappa shape index (κ2) is 5.32. The SMILES string of the molecule is CC(C)(CCO)NC(=O)c1ccc2nccnc2c1. The molecule has 0 saturated heterocycles. The first-order chi connectivity index (χ1) is 9.02. The molecule has 2 N–H and O–H groups in total. The summed E-state index contributed by atoms with van der Waals surface area (Å²) in [5.41, 5.74) is 1.55. The number of aromatic nitrogens is 2. The number of carbonyl (C=O) groups is 1. The highest BCUT2D eigenvalue weighted by molar-refractivity contribution is 5.97. The molecule has 5 nitrogen and oxygen atoms in total. The Hall–Kier alpha value is -2.01. The van der Waals surface area contributed by atoms with Gasteiger partial charge in [-0.05, 0) is 38.5 Å². The zero-order chi connectivity index (χ0) is 13.9. The number of hydrogen-bond donors (Lipinski definition) is 2. The number of nitrogens with one attached hydrogen (secondary N) is 1. The molecular formula is C14H17N3O2. The van der Waals surface area contributed by atoms with Crippen molar-refractivity contribution in [3.63, 3.8) is 0 Å². The van der Waals surface area contributed by atoms with Crippen molar-refractivity contribution in [1.82, 2.24) is 15.3 Å². The summed E-state index contributed by atoms with van der Waals surface area (Å²) in [6.45, 7) is 3.79. The fourth-order valence-electron chi connectivity index (χ4n) is 1.83. The molecule has 2 aromatic rings. The number of hydrogen-bond acceptors (Lipinski definition) is 4. The fraction of sp³-hybridized carbons (Fsp3) is 0.357. The minimum absolute atomic E-state index is 0.0382. The Bertz CT molecular complexity index is 596. The molecule has 1 heterocycles. The lowest BCUT2D eigenvalue weighted by atomic mass is 10.0. The van der Waals surface area contributed by atoms with Gasteiger partial charge in [0.2, 0.25) is 0 Å². The molecule has 0 radical (unpaired) electrons. The van der Waals surface area contributed by atoms with E-state index >= 15 is 0 Å². The van der Waals surface area contributed by atoms with Crippen molar-refractivity contribution in [2.24, 2.45) is 0 Å². The highest BCUT2D eigenvalue weighted by atomic mass is 16.3. The summed E-state index contributed by atoms with van der Waals surface area (Å²) in [4.78, 5) is 20.5. The lowest BCUT2D eigenvalue weighted by molar-refractivity contribution is 0.0899. The Kier molecular flexibility index (Phi) is 3.76. The standard InChI is InChI=1S/C14H17N3O2/c1-14(2,5-8-18)17-13(19)10-3-4-11-12(9-10)16-7-6-15-11/h3-4,6-7,9,18H,5,8H2,1-2H3,(H,17,19). The van der Waals surface area contributed by atoms with Gasteiger partial charge in [0.15, 0.2) is 0 Å². The molecular weight excluding hydrogens is 242 g/mol. The smallest absolute Gasteiger partial charge is 0.251 e. The van der Waals surface area contributed by atoms with E-state index in [-0.39, 0.29) is 12.5 Å². The number of amides is 1. The Morgan fingerprint density at radius 3 is 2.63 bits per heavy atom. The molecule has 0 aliphatic rings. The highest BCUT2D eigenvalue weighted by Crippen LogP contribution is 2.13. The van der Waals surface area contributed by atoms with Gasteiger partial charge < -0.3 is 10.4 Å². The van der Waals surface area contributed by atoms with Crippen LogP contribution in [0, 0.1) is 0 Å².